The largest absolute Gasteiger partial charge is 0.336 e. The molecule has 1 fully saturated rings. The van der Waals surface area contributed by atoms with E-state index in [4.69, 9.17) is 0 Å². The van der Waals surface area contributed by atoms with Crippen molar-refractivity contribution in [3.05, 3.63) is 35.9 Å². The Morgan fingerprint density at radius 2 is 1.69 bits per heavy atom. The molecule has 0 radical (unpaired) electrons. The average molecular weight is 220 g/mol. The Morgan fingerprint density at radius 3 is 2.25 bits per heavy atom. The van der Waals surface area contributed by atoms with E-state index in [1.807, 2.05) is 49.1 Å². The van der Waals surface area contributed by atoms with Gasteiger partial charge in [0.2, 0.25) is 0 Å². The van der Waals surface area contributed by atoms with Gasteiger partial charge in [-0.2, -0.15) is 0 Å². The van der Waals surface area contributed by atoms with E-state index in [1.165, 1.54) is 0 Å². The van der Waals surface area contributed by atoms with Gasteiger partial charge in [0.25, 0.3) is 5.91 Å². The van der Waals surface area contributed by atoms with Gasteiger partial charge >= 0.3 is 0 Å². The normalized spacial score (nSPS) is 15.0. The number of piperazine rings is 1. The van der Waals surface area contributed by atoms with Gasteiger partial charge in [-0.05, 0) is 12.1 Å². The molecule has 1 saturated heterocycles. The standard InChI is InChI=1S/C11H14N2O.C2H6/c14-11(10-4-2-1-3-5-10)13-8-6-12-7-9-13;1-2/h1-5,12H,6-9H2;1-2H3. The van der Waals surface area contributed by atoms with Gasteiger partial charge in [0.1, 0.15) is 0 Å². The fraction of sp³-hybridized carbons (Fsp3) is 0.462. The predicted octanol–water partition coefficient (Wildman–Crippen LogP) is 1.76. The second-order valence-electron chi connectivity index (χ2n) is 3.41. The molecule has 1 aliphatic heterocycles. The van der Waals surface area contributed by atoms with E-state index in [2.05, 4.69) is 5.32 Å². The van der Waals surface area contributed by atoms with Gasteiger partial charge in [-0.1, -0.05) is 32.0 Å². The summed E-state index contributed by atoms with van der Waals surface area (Å²) in [5.41, 5.74) is 0.786. The molecule has 1 aliphatic rings. The summed E-state index contributed by atoms with van der Waals surface area (Å²) in [6.07, 6.45) is 0. The fourth-order valence-corrected chi connectivity index (χ4v) is 1.63. The Kier molecular flexibility index (Phi) is 5.57. The Hall–Kier alpha value is -1.35. The molecule has 0 atom stereocenters. The summed E-state index contributed by atoms with van der Waals surface area (Å²) in [6.45, 7) is 7.43. The highest BCUT2D eigenvalue weighted by molar-refractivity contribution is 5.94. The van der Waals surface area contributed by atoms with Crippen LogP contribution in [0.3, 0.4) is 0 Å². The van der Waals surface area contributed by atoms with Crippen LogP contribution < -0.4 is 5.32 Å². The van der Waals surface area contributed by atoms with E-state index in [0.717, 1.165) is 31.7 Å². The lowest BCUT2D eigenvalue weighted by Gasteiger charge is -2.27. The summed E-state index contributed by atoms with van der Waals surface area (Å²) >= 11 is 0. The van der Waals surface area contributed by atoms with E-state index in [0.29, 0.717) is 0 Å². The van der Waals surface area contributed by atoms with Gasteiger partial charge in [-0.3, -0.25) is 4.79 Å². The number of benzene rings is 1. The van der Waals surface area contributed by atoms with E-state index < -0.39 is 0 Å². The summed E-state index contributed by atoms with van der Waals surface area (Å²) in [5, 5.41) is 3.23. The van der Waals surface area contributed by atoms with Crippen molar-refractivity contribution in [2.75, 3.05) is 26.2 Å². The SMILES string of the molecule is CC.O=C(c1ccccc1)N1CCNCC1. The van der Waals surface area contributed by atoms with E-state index in [9.17, 15) is 4.79 Å². The molecule has 0 unspecified atom stereocenters. The average Bonchev–Trinajstić information content (AvgIpc) is 2.42. The van der Waals surface area contributed by atoms with Crippen LogP contribution in [-0.4, -0.2) is 37.0 Å². The smallest absolute Gasteiger partial charge is 0.253 e. The quantitative estimate of drug-likeness (QED) is 0.782. The summed E-state index contributed by atoms with van der Waals surface area (Å²) in [7, 11) is 0. The zero-order valence-corrected chi connectivity index (χ0v) is 10.1. The van der Waals surface area contributed by atoms with Crippen LogP contribution in [0, 0.1) is 0 Å². The molecule has 0 aliphatic carbocycles. The number of carbonyl (C=O) groups excluding carboxylic acids is 1. The molecule has 1 amide bonds. The highest BCUT2D eigenvalue weighted by atomic mass is 16.2. The highest BCUT2D eigenvalue weighted by Gasteiger charge is 2.16. The molecule has 3 heteroatoms. The molecule has 88 valence electrons. The molecule has 0 spiro atoms. The first-order valence-electron chi connectivity index (χ1n) is 5.93. The van der Waals surface area contributed by atoms with Gasteiger partial charge in [0.15, 0.2) is 0 Å². The first-order valence-corrected chi connectivity index (χ1v) is 5.93. The lowest BCUT2D eigenvalue weighted by atomic mass is 10.2. The van der Waals surface area contributed by atoms with Crippen LogP contribution in [0.25, 0.3) is 0 Å². The van der Waals surface area contributed by atoms with Crippen molar-refractivity contribution in [1.29, 1.82) is 0 Å². The minimum Gasteiger partial charge on any atom is -0.336 e. The summed E-state index contributed by atoms with van der Waals surface area (Å²) in [6, 6.07) is 9.45. The van der Waals surface area contributed by atoms with E-state index >= 15 is 0 Å². The van der Waals surface area contributed by atoms with E-state index in [-0.39, 0.29) is 5.91 Å². The third kappa shape index (κ3) is 3.35. The minimum atomic E-state index is 0.145. The van der Waals surface area contributed by atoms with Gasteiger partial charge in [-0.25, -0.2) is 0 Å². The number of rotatable bonds is 1. The molecule has 1 aromatic rings. The number of nitrogens with one attached hydrogen (secondary N) is 1. The molecular formula is C13H20N2O. The van der Waals surface area contributed by atoms with Crippen molar-refractivity contribution < 1.29 is 4.79 Å². The van der Waals surface area contributed by atoms with Crippen LogP contribution in [0.4, 0.5) is 0 Å². The first-order chi connectivity index (χ1) is 7.88. The topological polar surface area (TPSA) is 32.3 Å². The highest BCUT2D eigenvalue weighted by Crippen LogP contribution is 2.05. The lowest BCUT2D eigenvalue weighted by molar-refractivity contribution is 0.0736. The first kappa shape index (κ1) is 12.7. The van der Waals surface area contributed by atoms with Crippen molar-refractivity contribution in [1.82, 2.24) is 10.2 Å². The third-order valence-electron chi connectivity index (χ3n) is 2.42. The number of hydrogen-bond donors (Lipinski definition) is 1. The van der Waals surface area contributed by atoms with Gasteiger partial charge < -0.3 is 10.2 Å². The van der Waals surface area contributed by atoms with Crippen LogP contribution in [-0.2, 0) is 0 Å². The molecule has 2 rings (SSSR count). The van der Waals surface area contributed by atoms with Crippen LogP contribution in [0.1, 0.15) is 24.2 Å². The maximum absolute atomic E-state index is 11.9. The van der Waals surface area contributed by atoms with Crippen LogP contribution in [0.2, 0.25) is 0 Å². The molecule has 0 saturated carbocycles. The number of hydrogen-bond acceptors (Lipinski definition) is 2. The zero-order chi connectivity index (χ0) is 11.8. The second-order valence-corrected chi connectivity index (χ2v) is 3.41. The van der Waals surface area contributed by atoms with Crippen LogP contribution in [0.5, 0.6) is 0 Å². The summed E-state index contributed by atoms with van der Waals surface area (Å²) in [5.74, 6) is 0.145. The Balaban J connectivity index is 0.000000606. The van der Waals surface area contributed by atoms with Crippen LogP contribution in [0.15, 0.2) is 30.3 Å². The van der Waals surface area contributed by atoms with Crippen molar-refractivity contribution in [2.45, 2.75) is 13.8 Å². The molecule has 0 bridgehead atoms. The molecule has 0 aromatic heterocycles. The fourth-order valence-electron chi connectivity index (χ4n) is 1.63. The number of amides is 1. The Labute approximate surface area is 97.5 Å². The maximum atomic E-state index is 11.9. The monoisotopic (exact) mass is 220 g/mol. The van der Waals surface area contributed by atoms with Crippen LogP contribution >= 0.6 is 0 Å². The molecule has 1 N–H and O–H groups in total. The number of carbonyl (C=O) groups is 1. The van der Waals surface area contributed by atoms with Gasteiger partial charge in [0.05, 0.1) is 0 Å². The van der Waals surface area contributed by atoms with Crippen molar-refractivity contribution >= 4 is 5.91 Å². The molecule has 1 aromatic carbocycles. The second kappa shape index (κ2) is 7.01. The molecule has 3 nitrogen and oxygen atoms in total. The molecule has 16 heavy (non-hydrogen) atoms. The van der Waals surface area contributed by atoms with Crippen molar-refractivity contribution in [3.63, 3.8) is 0 Å². The minimum absolute atomic E-state index is 0.145. The predicted molar refractivity (Wildman–Crippen MR) is 66.6 cm³/mol. The summed E-state index contributed by atoms with van der Waals surface area (Å²) in [4.78, 5) is 13.8. The third-order valence-corrected chi connectivity index (χ3v) is 2.42. The maximum Gasteiger partial charge on any atom is 0.253 e. The Bertz CT molecular complexity index is 305. The van der Waals surface area contributed by atoms with Crippen molar-refractivity contribution in [2.24, 2.45) is 0 Å². The zero-order valence-electron chi connectivity index (χ0n) is 10.1. The molecule has 1 heterocycles. The van der Waals surface area contributed by atoms with Gasteiger partial charge in [0, 0.05) is 31.7 Å². The van der Waals surface area contributed by atoms with E-state index in [1.54, 1.807) is 0 Å². The van der Waals surface area contributed by atoms with Gasteiger partial charge in [-0.15, -0.1) is 0 Å². The summed E-state index contributed by atoms with van der Waals surface area (Å²) < 4.78 is 0. The molecular weight excluding hydrogens is 200 g/mol. The lowest BCUT2D eigenvalue weighted by Crippen LogP contribution is -2.46. The number of nitrogens with zero attached hydrogens (tertiary/aromatic N) is 1. The Morgan fingerprint density at radius 1 is 1.12 bits per heavy atom. The van der Waals surface area contributed by atoms with Crippen molar-refractivity contribution in [3.8, 4) is 0 Å².